The van der Waals surface area contributed by atoms with Crippen molar-refractivity contribution in [1.29, 1.82) is 0 Å². The highest BCUT2D eigenvalue weighted by Gasteiger charge is 2.12. The highest BCUT2D eigenvalue weighted by atomic mass is 16.6. The zero-order chi connectivity index (χ0) is 16.1. The third-order valence-corrected chi connectivity index (χ3v) is 3.00. The van der Waals surface area contributed by atoms with Crippen LogP contribution < -0.4 is 4.74 Å². The van der Waals surface area contributed by atoms with Gasteiger partial charge in [0.1, 0.15) is 5.75 Å². The van der Waals surface area contributed by atoms with Crippen LogP contribution in [0.3, 0.4) is 0 Å². The Morgan fingerprint density at radius 3 is 2.50 bits per heavy atom. The molecule has 0 amide bonds. The molecule has 1 N–H and O–H groups in total. The number of phenols is 1. The Labute approximate surface area is 126 Å². The predicted octanol–water partition coefficient (Wildman–Crippen LogP) is 3.21. The first-order chi connectivity index (χ1) is 10.5. The van der Waals surface area contributed by atoms with Crippen LogP contribution in [0.2, 0.25) is 0 Å². The molecule has 0 aliphatic heterocycles. The molecular formula is C16H13NO5. The highest BCUT2D eigenvalue weighted by Crippen LogP contribution is 2.26. The van der Waals surface area contributed by atoms with Crippen molar-refractivity contribution in [1.82, 2.24) is 0 Å². The number of methoxy groups -OCH3 is 1. The molecule has 0 saturated carbocycles. The molecule has 0 bridgehead atoms. The first-order valence-corrected chi connectivity index (χ1v) is 6.35. The van der Waals surface area contributed by atoms with Gasteiger partial charge in [0.15, 0.2) is 11.5 Å². The van der Waals surface area contributed by atoms with Crippen molar-refractivity contribution in [2.75, 3.05) is 7.11 Å². The normalized spacial score (nSPS) is 10.6. The van der Waals surface area contributed by atoms with Gasteiger partial charge in [-0.3, -0.25) is 14.9 Å². The van der Waals surface area contributed by atoms with E-state index in [4.69, 9.17) is 4.74 Å². The van der Waals surface area contributed by atoms with Gasteiger partial charge in [0.25, 0.3) is 0 Å². The minimum atomic E-state index is -0.683. The summed E-state index contributed by atoms with van der Waals surface area (Å²) in [5.74, 6) is -0.00305. The zero-order valence-electron chi connectivity index (χ0n) is 11.7. The Morgan fingerprint density at radius 2 is 1.91 bits per heavy atom. The Bertz CT molecular complexity index is 735. The molecule has 0 fully saturated rings. The van der Waals surface area contributed by atoms with Gasteiger partial charge >= 0.3 is 5.69 Å². The molecule has 0 spiro atoms. The molecule has 0 aliphatic carbocycles. The van der Waals surface area contributed by atoms with E-state index in [1.165, 1.54) is 37.5 Å². The molecule has 0 radical (unpaired) electrons. The van der Waals surface area contributed by atoms with Crippen molar-refractivity contribution in [2.45, 2.75) is 0 Å². The molecule has 2 aromatic rings. The fraction of sp³-hybridized carbons (Fsp3) is 0.0625. The van der Waals surface area contributed by atoms with Crippen molar-refractivity contribution >= 4 is 17.5 Å². The standard InChI is InChI=1S/C16H13NO5/c1-22-13-6-4-12(5-7-13)15(18)8-2-11-3-9-16(19)14(10-11)17(20)21/h2-10,19H,1H3/b8-2+. The lowest BCUT2D eigenvalue weighted by Crippen LogP contribution is -1.94. The number of ketones is 1. The first-order valence-electron chi connectivity index (χ1n) is 6.35. The smallest absolute Gasteiger partial charge is 0.311 e. The Kier molecular flexibility index (Phi) is 4.53. The van der Waals surface area contributed by atoms with E-state index in [1.54, 1.807) is 24.3 Å². The second-order valence-electron chi connectivity index (χ2n) is 4.43. The zero-order valence-corrected chi connectivity index (χ0v) is 11.7. The van der Waals surface area contributed by atoms with Gasteiger partial charge in [-0.05, 0) is 42.0 Å². The van der Waals surface area contributed by atoms with Crippen LogP contribution in [-0.2, 0) is 0 Å². The molecule has 0 unspecified atom stereocenters. The summed E-state index contributed by atoms with van der Waals surface area (Å²) in [6.45, 7) is 0. The van der Waals surface area contributed by atoms with Gasteiger partial charge in [0.05, 0.1) is 12.0 Å². The summed E-state index contributed by atoms with van der Waals surface area (Å²) in [5.41, 5.74) is 0.524. The van der Waals surface area contributed by atoms with Crippen molar-refractivity contribution < 1.29 is 19.6 Å². The SMILES string of the molecule is COc1ccc(C(=O)/C=C/c2ccc(O)c([N+](=O)[O-])c2)cc1. The molecule has 112 valence electrons. The molecule has 22 heavy (non-hydrogen) atoms. The number of ether oxygens (including phenoxy) is 1. The highest BCUT2D eigenvalue weighted by molar-refractivity contribution is 6.06. The van der Waals surface area contributed by atoms with E-state index in [0.29, 0.717) is 16.9 Å². The van der Waals surface area contributed by atoms with Crippen molar-refractivity contribution in [2.24, 2.45) is 0 Å². The van der Waals surface area contributed by atoms with E-state index in [9.17, 15) is 20.0 Å². The average molecular weight is 299 g/mol. The summed E-state index contributed by atoms with van der Waals surface area (Å²) in [5, 5.41) is 20.1. The number of nitrogens with zero attached hydrogens (tertiary/aromatic N) is 1. The summed E-state index contributed by atoms with van der Waals surface area (Å²) < 4.78 is 5.01. The number of carbonyl (C=O) groups excluding carboxylic acids is 1. The number of nitro groups is 1. The van der Waals surface area contributed by atoms with Gasteiger partial charge < -0.3 is 9.84 Å². The summed E-state index contributed by atoms with van der Waals surface area (Å²) in [6.07, 6.45) is 2.77. The van der Waals surface area contributed by atoms with Gasteiger partial charge in [-0.15, -0.1) is 0 Å². The second-order valence-corrected chi connectivity index (χ2v) is 4.43. The molecular weight excluding hydrogens is 286 g/mol. The topological polar surface area (TPSA) is 89.7 Å². The maximum atomic E-state index is 12.0. The van der Waals surface area contributed by atoms with E-state index in [-0.39, 0.29) is 5.78 Å². The monoisotopic (exact) mass is 299 g/mol. The van der Waals surface area contributed by atoms with E-state index < -0.39 is 16.4 Å². The third kappa shape index (κ3) is 3.49. The molecule has 0 atom stereocenters. The number of benzene rings is 2. The fourth-order valence-electron chi connectivity index (χ4n) is 1.81. The molecule has 2 rings (SSSR count). The Balaban J connectivity index is 2.18. The Morgan fingerprint density at radius 1 is 1.23 bits per heavy atom. The lowest BCUT2D eigenvalue weighted by molar-refractivity contribution is -0.385. The number of allylic oxidation sites excluding steroid dienone is 1. The van der Waals surface area contributed by atoms with Crippen LogP contribution in [0.1, 0.15) is 15.9 Å². The number of rotatable bonds is 5. The first kappa shape index (κ1) is 15.2. The Hall–Kier alpha value is -3.15. The van der Waals surface area contributed by atoms with Crippen molar-refractivity contribution in [3.8, 4) is 11.5 Å². The van der Waals surface area contributed by atoms with Gasteiger partial charge in [0.2, 0.25) is 0 Å². The number of hydrogen-bond acceptors (Lipinski definition) is 5. The second kappa shape index (κ2) is 6.53. The van der Waals surface area contributed by atoms with Gasteiger partial charge in [0, 0.05) is 11.6 Å². The minimum absolute atomic E-state index is 0.238. The largest absolute Gasteiger partial charge is 0.502 e. The van der Waals surface area contributed by atoms with Crippen LogP contribution in [0.25, 0.3) is 6.08 Å². The number of nitro benzene ring substituents is 1. The summed E-state index contributed by atoms with van der Waals surface area (Å²) in [6, 6.07) is 10.5. The minimum Gasteiger partial charge on any atom is -0.502 e. The lowest BCUT2D eigenvalue weighted by Gasteiger charge is -2.00. The van der Waals surface area contributed by atoms with Gasteiger partial charge in [-0.2, -0.15) is 0 Å². The molecule has 0 saturated heterocycles. The van der Waals surface area contributed by atoms with E-state index in [1.807, 2.05) is 0 Å². The van der Waals surface area contributed by atoms with Crippen molar-refractivity contribution in [3.63, 3.8) is 0 Å². The van der Waals surface area contributed by atoms with Crippen LogP contribution in [0.5, 0.6) is 11.5 Å². The fourth-order valence-corrected chi connectivity index (χ4v) is 1.81. The maximum Gasteiger partial charge on any atom is 0.311 e. The van der Waals surface area contributed by atoms with Crippen molar-refractivity contribution in [3.05, 3.63) is 69.8 Å². The molecule has 2 aromatic carbocycles. The predicted molar refractivity (Wildman–Crippen MR) is 81.1 cm³/mol. The van der Waals surface area contributed by atoms with E-state index in [0.717, 1.165) is 0 Å². The number of carbonyl (C=O) groups is 1. The molecule has 0 aromatic heterocycles. The molecule has 6 nitrogen and oxygen atoms in total. The van der Waals surface area contributed by atoms with E-state index >= 15 is 0 Å². The quantitative estimate of drug-likeness (QED) is 0.396. The van der Waals surface area contributed by atoms with Crippen LogP contribution in [0.15, 0.2) is 48.5 Å². The van der Waals surface area contributed by atoms with Crippen LogP contribution in [0, 0.1) is 10.1 Å². The van der Waals surface area contributed by atoms with E-state index in [2.05, 4.69) is 0 Å². The third-order valence-electron chi connectivity index (χ3n) is 3.00. The maximum absolute atomic E-state index is 12.0. The average Bonchev–Trinajstić information content (AvgIpc) is 2.53. The van der Waals surface area contributed by atoms with Gasteiger partial charge in [-0.25, -0.2) is 0 Å². The molecule has 0 aliphatic rings. The van der Waals surface area contributed by atoms with Crippen LogP contribution in [0.4, 0.5) is 5.69 Å². The number of phenolic OH excluding ortho intramolecular Hbond substituents is 1. The number of hydrogen-bond donors (Lipinski definition) is 1. The lowest BCUT2D eigenvalue weighted by atomic mass is 10.1. The number of aromatic hydroxyl groups is 1. The van der Waals surface area contributed by atoms with Gasteiger partial charge in [-0.1, -0.05) is 12.1 Å². The van der Waals surface area contributed by atoms with Crippen LogP contribution in [-0.4, -0.2) is 22.9 Å². The summed E-state index contributed by atoms with van der Waals surface area (Å²) >= 11 is 0. The van der Waals surface area contributed by atoms with Crippen LogP contribution >= 0.6 is 0 Å². The molecule has 6 heteroatoms. The summed E-state index contributed by atoms with van der Waals surface area (Å²) in [4.78, 5) is 22.0. The molecule has 0 heterocycles. The summed E-state index contributed by atoms with van der Waals surface area (Å²) in [7, 11) is 1.54.